The summed E-state index contributed by atoms with van der Waals surface area (Å²) in [6.45, 7) is -0.0863. The number of para-hydroxylation sites is 1. The summed E-state index contributed by atoms with van der Waals surface area (Å²) in [5.41, 5.74) is 2.43. The number of aromatic nitrogens is 1. The molecule has 1 aliphatic rings. The Morgan fingerprint density at radius 3 is 2.56 bits per heavy atom. The zero-order valence-corrected chi connectivity index (χ0v) is 19.2. The van der Waals surface area contributed by atoms with E-state index in [4.69, 9.17) is 0 Å². The lowest BCUT2D eigenvalue weighted by molar-refractivity contribution is -0.116. The first kappa shape index (κ1) is 21.8. The summed E-state index contributed by atoms with van der Waals surface area (Å²) >= 11 is 1.47. The number of aryl methyl sites for hydroxylation is 1. The first-order valence-electron chi connectivity index (χ1n) is 11.1. The molecule has 0 saturated heterocycles. The van der Waals surface area contributed by atoms with Gasteiger partial charge in [-0.05, 0) is 43.4 Å². The summed E-state index contributed by atoms with van der Waals surface area (Å²) in [4.78, 5) is 40.2. The Hall–Kier alpha value is -4.02. The van der Waals surface area contributed by atoms with Crippen molar-refractivity contribution in [3.05, 3.63) is 98.1 Å². The van der Waals surface area contributed by atoms with Crippen molar-refractivity contribution in [3.8, 4) is 6.07 Å². The normalized spacial score (nSPS) is 12.7. The standard InChI is InChI=1S/C27H21N3O3S/c28-14-18-15-30(21-12-6-4-10-19(21)25(18)32)16-23(31)29-27-24(20-11-5-7-13-22(20)34-27)26(33)17-8-2-1-3-9-17/h1-4,6,8-10,12,15H,5,7,11,13,16H2,(H,29,31). The van der Waals surface area contributed by atoms with E-state index in [1.165, 1.54) is 17.5 Å². The van der Waals surface area contributed by atoms with Crippen LogP contribution in [0.2, 0.25) is 0 Å². The lowest BCUT2D eigenvalue weighted by Gasteiger charge is -2.13. The van der Waals surface area contributed by atoms with E-state index in [0.717, 1.165) is 36.1 Å². The number of nitrogens with one attached hydrogen (secondary N) is 1. The van der Waals surface area contributed by atoms with Crippen LogP contribution >= 0.6 is 11.3 Å². The molecule has 1 aliphatic carbocycles. The molecule has 2 aromatic carbocycles. The zero-order chi connectivity index (χ0) is 23.7. The highest BCUT2D eigenvalue weighted by Gasteiger charge is 2.27. The van der Waals surface area contributed by atoms with Crippen LogP contribution in [0.3, 0.4) is 0 Å². The summed E-state index contributed by atoms with van der Waals surface area (Å²) in [7, 11) is 0. The van der Waals surface area contributed by atoms with E-state index in [1.54, 1.807) is 41.0 Å². The van der Waals surface area contributed by atoms with Gasteiger partial charge in [0.2, 0.25) is 11.3 Å². The van der Waals surface area contributed by atoms with Crippen molar-refractivity contribution in [1.29, 1.82) is 5.26 Å². The fourth-order valence-electron chi connectivity index (χ4n) is 4.50. The summed E-state index contributed by atoms with van der Waals surface area (Å²) < 4.78 is 1.61. The van der Waals surface area contributed by atoms with Gasteiger partial charge in [0.05, 0.1) is 11.1 Å². The molecule has 7 heteroatoms. The summed E-state index contributed by atoms with van der Waals surface area (Å²) in [6.07, 6.45) is 5.23. The number of benzene rings is 2. The predicted octanol–water partition coefficient (Wildman–Crippen LogP) is 4.68. The van der Waals surface area contributed by atoms with Crippen molar-refractivity contribution in [3.63, 3.8) is 0 Å². The van der Waals surface area contributed by atoms with Gasteiger partial charge in [0, 0.05) is 22.0 Å². The van der Waals surface area contributed by atoms with E-state index in [2.05, 4.69) is 5.32 Å². The van der Waals surface area contributed by atoms with Crippen LogP contribution in [0.25, 0.3) is 10.9 Å². The minimum absolute atomic E-state index is 0.0157. The minimum Gasteiger partial charge on any atom is -0.336 e. The van der Waals surface area contributed by atoms with Crippen LogP contribution < -0.4 is 10.7 Å². The van der Waals surface area contributed by atoms with Crippen LogP contribution in [0, 0.1) is 11.3 Å². The number of ketones is 1. The van der Waals surface area contributed by atoms with Gasteiger partial charge in [-0.3, -0.25) is 14.4 Å². The van der Waals surface area contributed by atoms with E-state index >= 15 is 0 Å². The lowest BCUT2D eigenvalue weighted by Crippen LogP contribution is -2.22. The highest BCUT2D eigenvalue weighted by Crippen LogP contribution is 2.39. The monoisotopic (exact) mass is 467 g/mol. The second-order valence-electron chi connectivity index (χ2n) is 8.29. The molecule has 0 saturated carbocycles. The second-order valence-corrected chi connectivity index (χ2v) is 9.39. The lowest BCUT2D eigenvalue weighted by atomic mass is 9.92. The summed E-state index contributed by atoms with van der Waals surface area (Å²) in [5.74, 6) is -0.408. The quantitative estimate of drug-likeness (QED) is 0.431. The molecule has 0 spiro atoms. The zero-order valence-electron chi connectivity index (χ0n) is 18.3. The van der Waals surface area contributed by atoms with E-state index in [0.29, 0.717) is 27.0 Å². The largest absolute Gasteiger partial charge is 0.336 e. The van der Waals surface area contributed by atoms with Crippen molar-refractivity contribution in [2.75, 3.05) is 5.32 Å². The molecule has 2 aromatic heterocycles. The van der Waals surface area contributed by atoms with Gasteiger partial charge in [-0.15, -0.1) is 11.3 Å². The molecule has 0 bridgehead atoms. The number of amides is 1. The molecule has 0 radical (unpaired) electrons. The van der Waals surface area contributed by atoms with Gasteiger partial charge in [0.1, 0.15) is 23.2 Å². The number of pyridine rings is 1. The Morgan fingerprint density at radius 2 is 1.76 bits per heavy atom. The molecule has 4 aromatic rings. The first-order chi connectivity index (χ1) is 16.6. The Labute approximate surface area is 200 Å². The molecule has 1 N–H and O–H groups in total. The Kier molecular flexibility index (Phi) is 5.83. The third kappa shape index (κ3) is 3.93. The third-order valence-corrected chi connectivity index (χ3v) is 7.32. The molecule has 0 fully saturated rings. The van der Waals surface area contributed by atoms with Gasteiger partial charge in [-0.1, -0.05) is 42.5 Å². The molecule has 6 nitrogen and oxygen atoms in total. The first-order valence-corrected chi connectivity index (χ1v) is 11.9. The fourth-order valence-corrected chi connectivity index (χ4v) is 5.81. The van der Waals surface area contributed by atoms with Crippen molar-refractivity contribution in [2.45, 2.75) is 32.2 Å². The number of hydrogen-bond donors (Lipinski definition) is 1. The maximum atomic E-state index is 13.4. The second kappa shape index (κ2) is 9.08. The predicted molar refractivity (Wildman–Crippen MR) is 132 cm³/mol. The topological polar surface area (TPSA) is 92.0 Å². The smallest absolute Gasteiger partial charge is 0.244 e. The molecule has 168 valence electrons. The Bertz CT molecular complexity index is 1530. The van der Waals surface area contributed by atoms with E-state index in [1.807, 2.05) is 24.3 Å². The molecule has 1 amide bonds. The molecule has 0 unspecified atom stereocenters. The number of rotatable bonds is 5. The average Bonchev–Trinajstić information content (AvgIpc) is 3.23. The van der Waals surface area contributed by atoms with Gasteiger partial charge >= 0.3 is 0 Å². The van der Waals surface area contributed by atoms with Gasteiger partial charge in [-0.2, -0.15) is 5.26 Å². The SMILES string of the molecule is N#Cc1cn(CC(=O)Nc2sc3c(c2C(=O)c2ccccc2)CCCC3)c2ccccc2c1=O. The van der Waals surface area contributed by atoms with Gasteiger partial charge < -0.3 is 9.88 Å². The molecule has 0 aliphatic heterocycles. The molecular weight excluding hydrogens is 446 g/mol. The average molecular weight is 468 g/mol. The highest BCUT2D eigenvalue weighted by molar-refractivity contribution is 7.17. The molecule has 5 rings (SSSR count). The van der Waals surface area contributed by atoms with Crippen molar-refractivity contribution in [1.82, 2.24) is 4.57 Å². The minimum atomic E-state index is -0.351. The number of hydrogen-bond acceptors (Lipinski definition) is 5. The molecular formula is C27H21N3O3S. The third-order valence-electron chi connectivity index (χ3n) is 6.11. The van der Waals surface area contributed by atoms with Crippen LogP contribution in [0.15, 0.2) is 65.6 Å². The van der Waals surface area contributed by atoms with Crippen LogP contribution in [0.5, 0.6) is 0 Å². The number of carbonyl (C=O) groups is 2. The maximum Gasteiger partial charge on any atom is 0.244 e. The van der Waals surface area contributed by atoms with Gasteiger partial charge in [0.25, 0.3) is 0 Å². The number of anilines is 1. The number of carbonyl (C=O) groups excluding carboxylic acids is 2. The van der Waals surface area contributed by atoms with Crippen molar-refractivity contribution >= 4 is 38.9 Å². The van der Waals surface area contributed by atoms with Crippen LogP contribution in [0.1, 0.15) is 44.8 Å². The molecule has 0 atom stereocenters. The van der Waals surface area contributed by atoms with Crippen molar-refractivity contribution in [2.24, 2.45) is 0 Å². The van der Waals surface area contributed by atoms with E-state index < -0.39 is 0 Å². The number of fused-ring (bicyclic) bond motifs is 2. The molecule has 34 heavy (non-hydrogen) atoms. The number of nitrogens with zero attached hydrogens (tertiary/aromatic N) is 2. The maximum absolute atomic E-state index is 13.4. The Balaban J connectivity index is 1.50. The number of thiophene rings is 1. The van der Waals surface area contributed by atoms with Gasteiger partial charge in [0.15, 0.2) is 5.78 Å². The molecule has 2 heterocycles. The Morgan fingerprint density at radius 1 is 1.03 bits per heavy atom. The summed E-state index contributed by atoms with van der Waals surface area (Å²) in [5, 5.41) is 13.3. The number of nitriles is 1. The highest BCUT2D eigenvalue weighted by atomic mass is 32.1. The van der Waals surface area contributed by atoms with E-state index in [-0.39, 0.29) is 29.2 Å². The van der Waals surface area contributed by atoms with E-state index in [9.17, 15) is 19.6 Å². The van der Waals surface area contributed by atoms with Gasteiger partial charge in [-0.25, -0.2) is 0 Å². The van der Waals surface area contributed by atoms with Crippen LogP contribution in [0.4, 0.5) is 5.00 Å². The van der Waals surface area contributed by atoms with Crippen LogP contribution in [-0.2, 0) is 24.2 Å². The van der Waals surface area contributed by atoms with Crippen LogP contribution in [-0.4, -0.2) is 16.3 Å². The summed E-state index contributed by atoms with van der Waals surface area (Å²) in [6, 6.07) is 17.9. The van der Waals surface area contributed by atoms with Crippen molar-refractivity contribution < 1.29 is 9.59 Å². The fraction of sp³-hybridized carbons (Fsp3) is 0.185.